The molecule has 3 aliphatic rings. The van der Waals surface area contributed by atoms with Crippen LogP contribution in [0.25, 0.3) is 22.0 Å². The molecule has 4 heterocycles. The van der Waals surface area contributed by atoms with Gasteiger partial charge in [-0.2, -0.15) is 4.98 Å². The number of likely N-dealkylation sites (tertiary alicyclic amines) is 1. The van der Waals surface area contributed by atoms with Crippen molar-refractivity contribution in [1.29, 1.82) is 0 Å². The number of amides is 1. The second-order valence-corrected chi connectivity index (χ2v) is 13.5. The van der Waals surface area contributed by atoms with Crippen LogP contribution >= 0.6 is 23.4 Å². The zero-order valence-corrected chi connectivity index (χ0v) is 26.4. The van der Waals surface area contributed by atoms with Crippen LogP contribution in [-0.2, 0) is 4.79 Å². The highest BCUT2D eigenvalue weighted by molar-refractivity contribution is 7.99. The maximum Gasteiger partial charge on any atom is 0.350 e. The summed E-state index contributed by atoms with van der Waals surface area (Å²) in [6.07, 6.45) is 1.09. The molecule has 13 heteroatoms. The zero-order chi connectivity index (χ0) is 32.0. The van der Waals surface area contributed by atoms with Crippen molar-refractivity contribution >= 4 is 46.0 Å². The number of hydrogen-bond donors (Lipinski definition) is 0. The molecule has 6 rings (SSSR count). The number of carbonyl (C=O) groups excluding carboxylic acids is 1. The van der Waals surface area contributed by atoms with Gasteiger partial charge in [-0.25, -0.2) is 22.4 Å². The quantitative estimate of drug-likeness (QED) is 0.221. The third-order valence-electron chi connectivity index (χ3n) is 9.18. The predicted octanol–water partition coefficient (Wildman–Crippen LogP) is 6.23. The smallest absolute Gasteiger partial charge is 0.350 e. The summed E-state index contributed by atoms with van der Waals surface area (Å²) in [5.74, 6) is -0.439. The summed E-state index contributed by atoms with van der Waals surface area (Å²) in [7, 11) is 0. The topological polar surface area (TPSA) is 61.7 Å². The summed E-state index contributed by atoms with van der Waals surface area (Å²) in [6.45, 7) is 7.73. The van der Waals surface area contributed by atoms with Crippen LogP contribution < -0.4 is 10.6 Å². The van der Waals surface area contributed by atoms with E-state index in [2.05, 4.69) is 11.6 Å². The molecular weight excluding hydrogens is 630 g/mol. The highest BCUT2D eigenvalue weighted by Gasteiger charge is 2.35. The third kappa shape index (κ3) is 6.20. The molecule has 0 N–H and O–H groups in total. The van der Waals surface area contributed by atoms with E-state index in [0.29, 0.717) is 72.1 Å². The van der Waals surface area contributed by atoms with Crippen molar-refractivity contribution in [2.24, 2.45) is 5.92 Å². The van der Waals surface area contributed by atoms with Crippen LogP contribution in [0.1, 0.15) is 32.2 Å². The SMILES string of the molecule is C=CC(=O)N1CCN(c2nc(=O)n3c4c(c(-c5ccc(F)cc5F)c(Cl)cc24)SC[C@H]3CC2CCN(CC(F)F)CC2)[C@@H](C)C1. The molecule has 0 aliphatic carbocycles. The van der Waals surface area contributed by atoms with Crippen LogP contribution in [0.3, 0.4) is 0 Å². The van der Waals surface area contributed by atoms with E-state index in [0.717, 1.165) is 18.9 Å². The number of thioether (sulfide) groups is 1. The van der Waals surface area contributed by atoms with Crippen LogP contribution in [0.4, 0.5) is 23.4 Å². The first-order chi connectivity index (χ1) is 21.5. The Kier molecular flexibility index (Phi) is 9.18. The lowest BCUT2D eigenvalue weighted by Crippen LogP contribution is -2.54. The van der Waals surface area contributed by atoms with Gasteiger partial charge in [0.15, 0.2) is 0 Å². The van der Waals surface area contributed by atoms with Crippen LogP contribution in [0.15, 0.2) is 46.6 Å². The van der Waals surface area contributed by atoms with Gasteiger partial charge in [0.2, 0.25) is 5.91 Å². The average Bonchev–Trinajstić information content (AvgIpc) is 3.00. The van der Waals surface area contributed by atoms with E-state index in [-0.39, 0.29) is 41.0 Å². The number of alkyl halides is 2. The molecule has 1 aromatic heterocycles. The molecule has 2 aromatic carbocycles. The Bertz CT molecular complexity index is 1700. The Morgan fingerprint density at radius 1 is 1.18 bits per heavy atom. The fourth-order valence-electron chi connectivity index (χ4n) is 6.98. The number of hydrogen-bond acceptors (Lipinski definition) is 6. The molecule has 2 fully saturated rings. The predicted molar refractivity (Wildman–Crippen MR) is 169 cm³/mol. The lowest BCUT2D eigenvalue weighted by Gasteiger charge is -2.41. The second kappa shape index (κ2) is 13.0. The molecule has 7 nitrogen and oxygen atoms in total. The fourth-order valence-corrected chi connectivity index (χ4v) is 8.70. The molecule has 240 valence electrons. The largest absolute Gasteiger partial charge is 0.350 e. The molecule has 0 radical (unpaired) electrons. The first-order valence-corrected chi connectivity index (χ1v) is 16.5. The summed E-state index contributed by atoms with van der Waals surface area (Å²) in [6, 6.07) is 4.66. The Balaban J connectivity index is 1.44. The van der Waals surface area contributed by atoms with Gasteiger partial charge in [-0.05, 0) is 69.5 Å². The Morgan fingerprint density at radius 3 is 2.60 bits per heavy atom. The van der Waals surface area contributed by atoms with Crippen LogP contribution in [0.2, 0.25) is 5.02 Å². The van der Waals surface area contributed by atoms with Crippen molar-refractivity contribution in [1.82, 2.24) is 19.4 Å². The van der Waals surface area contributed by atoms with E-state index in [1.807, 2.05) is 11.8 Å². The Labute approximate surface area is 267 Å². The van der Waals surface area contributed by atoms with Crippen molar-refractivity contribution < 1.29 is 22.4 Å². The van der Waals surface area contributed by atoms with Gasteiger partial charge in [-0.3, -0.25) is 14.3 Å². The van der Waals surface area contributed by atoms with Crippen molar-refractivity contribution in [3.63, 3.8) is 0 Å². The van der Waals surface area contributed by atoms with Gasteiger partial charge in [0.05, 0.1) is 17.1 Å². The maximum atomic E-state index is 15.2. The molecule has 0 saturated carbocycles. The monoisotopic (exact) mass is 663 g/mol. The molecule has 2 atom stereocenters. The number of nitrogens with zero attached hydrogens (tertiary/aromatic N) is 5. The summed E-state index contributed by atoms with van der Waals surface area (Å²) >= 11 is 8.38. The van der Waals surface area contributed by atoms with Crippen LogP contribution in [-0.4, -0.2) is 82.7 Å². The molecule has 0 bridgehead atoms. The standard InChI is InChI=1S/C32H34ClF4N5O2S/c1-3-27(43)40-10-11-41(18(2)15-40)31-23-14-24(33)28(22-5-4-20(34)13-25(22)35)30-29(23)42(32(44)38-31)21(17-45-30)12-19-6-8-39(9-7-19)16-26(36)37/h3-5,13-14,18-19,21,26H,1,6-12,15-17H2,2H3/t18-,21+/m0/s1. The number of anilines is 1. The Morgan fingerprint density at radius 2 is 1.93 bits per heavy atom. The highest BCUT2D eigenvalue weighted by atomic mass is 35.5. The summed E-state index contributed by atoms with van der Waals surface area (Å²) in [5.41, 5.74) is 0.688. The summed E-state index contributed by atoms with van der Waals surface area (Å²) in [5, 5.41) is 0.891. The number of aromatic nitrogens is 2. The lowest BCUT2D eigenvalue weighted by molar-refractivity contribution is -0.126. The number of halogens is 5. The van der Waals surface area contributed by atoms with Gasteiger partial charge in [0, 0.05) is 64.9 Å². The number of rotatable bonds is 7. The zero-order valence-electron chi connectivity index (χ0n) is 24.8. The van der Waals surface area contributed by atoms with Gasteiger partial charge in [-0.15, -0.1) is 11.8 Å². The summed E-state index contributed by atoms with van der Waals surface area (Å²) in [4.78, 5) is 37.0. The van der Waals surface area contributed by atoms with Gasteiger partial charge in [-0.1, -0.05) is 18.2 Å². The average molecular weight is 664 g/mol. The number of benzene rings is 2. The van der Waals surface area contributed by atoms with Gasteiger partial charge in [0.1, 0.15) is 17.5 Å². The van der Waals surface area contributed by atoms with Gasteiger partial charge in [0.25, 0.3) is 6.43 Å². The Hall–Kier alpha value is -3.09. The van der Waals surface area contributed by atoms with Crippen LogP contribution in [0.5, 0.6) is 0 Å². The molecular formula is C32H34ClF4N5O2S. The number of piperazine rings is 1. The minimum atomic E-state index is -2.37. The number of piperidine rings is 1. The molecule has 0 spiro atoms. The molecule has 0 unspecified atom stereocenters. The first kappa shape index (κ1) is 31.9. The van der Waals surface area contributed by atoms with E-state index >= 15 is 4.39 Å². The molecule has 45 heavy (non-hydrogen) atoms. The van der Waals surface area contributed by atoms with Crippen molar-refractivity contribution in [2.75, 3.05) is 49.9 Å². The fraction of sp³-hybridized carbons (Fsp3) is 0.469. The van der Waals surface area contributed by atoms with E-state index < -0.39 is 23.7 Å². The first-order valence-electron chi connectivity index (χ1n) is 15.1. The van der Waals surface area contributed by atoms with Crippen molar-refractivity contribution in [3.8, 4) is 11.1 Å². The van der Waals surface area contributed by atoms with E-state index in [1.165, 1.54) is 30.0 Å². The molecule has 2 saturated heterocycles. The van der Waals surface area contributed by atoms with Gasteiger partial charge < -0.3 is 9.80 Å². The maximum absolute atomic E-state index is 15.2. The van der Waals surface area contributed by atoms with Crippen LogP contribution in [0, 0.1) is 17.6 Å². The van der Waals surface area contributed by atoms with Crippen molar-refractivity contribution in [2.45, 2.75) is 49.6 Å². The highest BCUT2D eigenvalue weighted by Crippen LogP contribution is 2.49. The normalized spacial score (nSPS) is 21.1. The van der Waals surface area contributed by atoms with Gasteiger partial charge >= 0.3 is 5.69 Å². The minimum absolute atomic E-state index is 0.137. The molecule has 3 aliphatic heterocycles. The summed E-state index contributed by atoms with van der Waals surface area (Å²) < 4.78 is 56.6. The molecule has 1 amide bonds. The third-order valence-corrected chi connectivity index (χ3v) is 10.7. The van der Waals surface area contributed by atoms with E-state index in [9.17, 15) is 22.8 Å². The lowest BCUT2D eigenvalue weighted by atomic mass is 9.90. The van der Waals surface area contributed by atoms with E-state index in [4.69, 9.17) is 11.6 Å². The van der Waals surface area contributed by atoms with Crippen molar-refractivity contribution in [3.05, 3.63) is 64.1 Å². The number of carbonyl (C=O) groups is 1. The molecule has 3 aromatic rings. The minimum Gasteiger partial charge on any atom is -0.350 e. The van der Waals surface area contributed by atoms with E-state index in [1.54, 1.807) is 20.4 Å². The second-order valence-electron chi connectivity index (χ2n) is 12.0.